The Bertz CT molecular complexity index is 710. The van der Waals surface area contributed by atoms with Gasteiger partial charge in [-0.1, -0.05) is 0 Å². The Balaban J connectivity index is 1.65. The largest absolute Gasteiger partial charge is 0.471 e. The third-order valence-corrected chi connectivity index (χ3v) is 3.75. The standard InChI is InChI=1S/C17H16N4O2/c18-10-13-3-5-14(6-4-13)17(22)21-9-1-2-15(12-21)23-16-11-19-7-8-20-16/h3-8,11,15H,1-2,9,12H2. The van der Waals surface area contributed by atoms with Gasteiger partial charge in [-0.2, -0.15) is 5.26 Å². The van der Waals surface area contributed by atoms with Crippen LogP contribution in [0.1, 0.15) is 28.8 Å². The molecule has 1 aliphatic rings. The minimum absolute atomic E-state index is 0.0399. The van der Waals surface area contributed by atoms with Gasteiger partial charge in [-0.05, 0) is 37.1 Å². The van der Waals surface area contributed by atoms with E-state index in [1.807, 2.05) is 6.07 Å². The summed E-state index contributed by atoms with van der Waals surface area (Å²) in [4.78, 5) is 22.4. The molecule has 0 aliphatic carbocycles. The number of hydrogen-bond donors (Lipinski definition) is 0. The SMILES string of the molecule is N#Cc1ccc(C(=O)N2CCCC(Oc3cnccn3)C2)cc1. The van der Waals surface area contributed by atoms with E-state index in [9.17, 15) is 4.79 Å². The van der Waals surface area contributed by atoms with Crippen molar-refractivity contribution in [3.63, 3.8) is 0 Å². The van der Waals surface area contributed by atoms with Crippen molar-refractivity contribution in [3.05, 3.63) is 54.0 Å². The van der Waals surface area contributed by atoms with Gasteiger partial charge in [0.2, 0.25) is 5.88 Å². The summed E-state index contributed by atoms with van der Waals surface area (Å²) in [6.45, 7) is 1.23. The van der Waals surface area contributed by atoms with Gasteiger partial charge in [0.25, 0.3) is 5.91 Å². The molecule has 2 aromatic rings. The van der Waals surface area contributed by atoms with Crippen molar-refractivity contribution in [1.82, 2.24) is 14.9 Å². The summed E-state index contributed by atoms with van der Waals surface area (Å²) in [5.74, 6) is 0.437. The Morgan fingerprint density at radius 3 is 2.83 bits per heavy atom. The first-order valence-corrected chi connectivity index (χ1v) is 7.48. The molecule has 6 heteroatoms. The monoisotopic (exact) mass is 308 g/mol. The van der Waals surface area contributed by atoms with E-state index in [2.05, 4.69) is 9.97 Å². The number of amides is 1. The predicted octanol–water partition coefficient (Wildman–Crippen LogP) is 2.03. The number of benzene rings is 1. The van der Waals surface area contributed by atoms with Crippen LogP contribution in [0.25, 0.3) is 0 Å². The summed E-state index contributed by atoms with van der Waals surface area (Å²) in [5.41, 5.74) is 1.13. The van der Waals surface area contributed by atoms with Crippen molar-refractivity contribution >= 4 is 5.91 Å². The van der Waals surface area contributed by atoms with Crippen LogP contribution in [0.5, 0.6) is 5.88 Å². The van der Waals surface area contributed by atoms with E-state index < -0.39 is 0 Å². The van der Waals surface area contributed by atoms with Crippen molar-refractivity contribution < 1.29 is 9.53 Å². The number of carbonyl (C=O) groups is 1. The van der Waals surface area contributed by atoms with Gasteiger partial charge in [-0.15, -0.1) is 0 Å². The number of ether oxygens (including phenoxy) is 1. The van der Waals surface area contributed by atoms with Crippen LogP contribution < -0.4 is 4.74 Å². The molecule has 1 aliphatic heterocycles. The average Bonchev–Trinajstić information content (AvgIpc) is 2.62. The van der Waals surface area contributed by atoms with E-state index in [1.54, 1.807) is 47.8 Å². The lowest BCUT2D eigenvalue weighted by atomic mass is 10.1. The molecule has 0 saturated carbocycles. The normalized spacial score (nSPS) is 17.3. The molecule has 1 saturated heterocycles. The molecule has 1 unspecified atom stereocenters. The van der Waals surface area contributed by atoms with Gasteiger partial charge in [0, 0.05) is 24.5 Å². The fraction of sp³-hybridized carbons (Fsp3) is 0.294. The maximum atomic E-state index is 12.6. The highest BCUT2D eigenvalue weighted by atomic mass is 16.5. The first kappa shape index (κ1) is 15.0. The van der Waals surface area contributed by atoms with Crippen molar-refractivity contribution in [3.8, 4) is 11.9 Å². The van der Waals surface area contributed by atoms with Crippen molar-refractivity contribution in [2.24, 2.45) is 0 Å². The summed E-state index contributed by atoms with van der Waals surface area (Å²) in [6, 6.07) is 8.74. The van der Waals surface area contributed by atoms with Gasteiger partial charge in [-0.25, -0.2) is 4.98 Å². The minimum atomic E-state index is -0.0808. The summed E-state index contributed by atoms with van der Waals surface area (Å²) < 4.78 is 5.80. The topological polar surface area (TPSA) is 79.1 Å². The Morgan fingerprint density at radius 2 is 2.13 bits per heavy atom. The fourth-order valence-electron chi connectivity index (χ4n) is 2.61. The Hall–Kier alpha value is -2.94. The van der Waals surface area contributed by atoms with E-state index in [-0.39, 0.29) is 12.0 Å². The maximum Gasteiger partial charge on any atom is 0.253 e. The molecule has 1 fully saturated rings. The zero-order valence-corrected chi connectivity index (χ0v) is 12.6. The van der Waals surface area contributed by atoms with Crippen molar-refractivity contribution in [1.29, 1.82) is 5.26 Å². The summed E-state index contributed by atoms with van der Waals surface area (Å²) in [5, 5.41) is 8.82. The molecule has 0 radical (unpaired) electrons. The number of nitrogens with zero attached hydrogens (tertiary/aromatic N) is 4. The van der Waals surface area contributed by atoms with Crippen LogP contribution in [0.15, 0.2) is 42.9 Å². The highest BCUT2D eigenvalue weighted by Crippen LogP contribution is 2.18. The zero-order valence-electron chi connectivity index (χ0n) is 12.6. The highest BCUT2D eigenvalue weighted by molar-refractivity contribution is 5.94. The third kappa shape index (κ3) is 3.64. The second-order valence-electron chi connectivity index (χ2n) is 5.37. The smallest absolute Gasteiger partial charge is 0.253 e. The summed E-state index contributed by atoms with van der Waals surface area (Å²) in [6.07, 6.45) is 6.43. The van der Waals surface area contributed by atoms with Crippen LogP contribution in [-0.2, 0) is 0 Å². The molecule has 0 N–H and O–H groups in total. The van der Waals surface area contributed by atoms with Gasteiger partial charge in [0.05, 0.1) is 24.4 Å². The number of carbonyl (C=O) groups excluding carboxylic acids is 1. The quantitative estimate of drug-likeness (QED) is 0.867. The summed E-state index contributed by atoms with van der Waals surface area (Å²) >= 11 is 0. The van der Waals surface area contributed by atoms with Gasteiger partial charge < -0.3 is 9.64 Å². The van der Waals surface area contributed by atoms with E-state index >= 15 is 0 Å². The van der Waals surface area contributed by atoms with Gasteiger partial charge in [0.15, 0.2) is 0 Å². The van der Waals surface area contributed by atoms with Gasteiger partial charge in [0.1, 0.15) is 6.10 Å². The summed E-state index contributed by atoms with van der Waals surface area (Å²) in [7, 11) is 0. The number of aromatic nitrogens is 2. The molecule has 116 valence electrons. The van der Waals surface area contributed by atoms with E-state index in [0.717, 1.165) is 12.8 Å². The molecule has 6 nitrogen and oxygen atoms in total. The first-order valence-electron chi connectivity index (χ1n) is 7.48. The van der Waals surface area contributed by atoms with Crippen LogP contribution in [0.4, 0.5) is 0 Å². The third-order valence-electron chi connectivity index (χ3n) is 3.75. The fourth-order valence-corrected chi connectivity index (χ4v) is 2.61. The van der Waals surface area contributed by atoms with Crippen LogP contribution >= 0.6 is 0 Å². The maximum absolute atomic E-state index is 12.6. The number of hydrogen-bond acceptors (Lipinski definition) is 5. The number of piperidine rings is 1. The van der Waals surface area contributed by atoms with Crippen LogP contribution in [-0.4, -0.2) is 40.0 Å². The average molecular weight is 308 g/mol. The molecule has 1 aromatic carbocycles. The van der Waals surface area contributed by atoms with E-state index in [0.29, 0.717) is 30.1 Å². The molecule has 23 heavy (non-hydrogen) atoms. The van der Waals surface area contributed by atoms with Gasteiger partial charge in [-0.3, -0.25) is 9.78 Å². The Labute approximate surface area is 134 Å². The minimum Gasteiger partial charge on any atom is -0.471 e. The first-order chi connectivity index (χ1) is 11.3. The van der Waals surface area contributed by atoms with Crippen molar-refractivity contribution in [2.75, 3.05) is 13.1 Å². The Morgan fingerprint density at radius 1 is 1.30 bits per heavy atom. The molecule has 3 rings (SSSR count). The number of nitriles is 1. The molecule has 2 heterocycles. The molecule has 1 amide bonds. The Kier molecular flexibility index (Phi) is 4.48. The van der Waals surface area contributed by atoms with Gasteiger partial charge >= 0.3 is 0 Å². The molecular formula is C17H16N4O2. The second-order valence-corrected chi connectivity index (χ2v) is 5.37. The molecule has 1 aromatic heterocycles. The lowest BCUT2D eigenvalue weighted by Gasteiger charge is -2.32. The van der Waals surface area contributed by atoms with E-state index in [1.165, 1.54) is 0 Å². The van der Waals surface area contributed by atoms with Crippen LogP contribution in [0, 0.1) is 11.3 Å². The van der Waals surface area contributed by atoms with E-state index in [4.69, 9.17) is 10.00 Å². The molecule has 0 bridgehead atoms. The molecular weight excluding hydrogens is 292 g/mol. The lowest BCUT2D eigenvalue weighted by Crippen LogP contribution is -2.44. The number of rotatable bonds is 3. The van der Waals surface area contributed by atoms with Crippen LogP contribution in [0.2, 0.25) is 0 Å². The zero-order chi connectivity index (χ0) is 16.1. The molecule has 1 atom stereocenters. The van der Waals surface area contributed by atoms with Crippen LogP contribution in [0.3, 0.4) is 0 Å². The lowest BCUT2D eigenvalue weighted by molar-refractivity contribution is 0.0527. The second kappa shape index (κ2) is 6.88. The molecule has 0 spiro atoms. The predicted molar refractivity (Wildman–Crippen MR) is 82.7 cm³/mol. The van der Waals surface area contributed by atoms with Crippen molar-refractivity contribution in [2.45, 2.75) is 18.9 Å². The number of likely N-dealkylation sites (tertiary alicyclic amines) is 1. The highest BCUT2D eigenvalue weighted by Gasteiger charge is 2.26.